The second-order valence-electron chi connectivity index (χ2n) is 3.58. The summed E-state index contributed by atoms with van der Waals surface area (Å²) in [6.07, 6.45) is 1.47. The van der Waals surface area contributed by atoms with Crippen molar-refractivity contribution in [1.29, 1.82) is 0 Å². The molecule has 0 spiro atoms. The van der Waals surface area contributed by atoms with E-state index in [9.17, 15) is 9.36 Å². The van der Waals surface area contributed by atoms with Gasteiger partial charge < -0.3 is 9.84 Å². The lowest BCUT2D eigenvalue weighted by atomic mass is 9.92. The molecule has 4 nitrogen and oxygen atoms in total. The molecule has 0 aromatic heterocycles. The van der Waals surface area contributed by atoms with Crippen LogP contribution in [-0.4, -0.2) is 30.5 Å². The standard InChI is InChI=1S/C10H19O4P/c1-3-14-10(12)5-4-8(2)9(6-11)7-15-13/h8-9,11H,3-7H2,1-2H3. The molecule has 0 amide bonds. The molecule has 2 unspecified atom stereocenters. The van der Waals surface area contributed by atoms with Crippen molar-refractivity contribution in [2.75, 3.05) is 19.4 Å². The topological polar surface area (TPSA) is 63.6 Å². The molecule has 0 saturated carbocycles. The molecule has 0 bridgehead atoms. The van der Waals surface area contributed by atoms with E-state index in [1.165, 1.54) is 0 Å². The Morgan fingerprint density at radius 3 is 2.67 bits per heavy atom. The third kappa shape index (κ3) is 6.58. The van der Waals surface area contributed by atoms with Crippen LogP contribution in [0.5, 0.6) is 0 Å². The van der Waals surface area contributed by atoms with E-state index < -0.39 is 0 Å². The third-order valence-corrected chi connectivity index (χ3v) is 3.08. The molecule has 0 aliphatic carbocycles. The Balaban J connectivity index is 3.83. The molecule has 2 atom stereocenters. The zero-order chi connectivity index (χ0) is 11.7. The molecule has 0 saturated heterocycles. The molecule has 0 aromatic carbocycles. The molecule has 1 N–H and O–H groups in total. The van der Waals surface area contributed by atoms with Crippen LogP contribution in [0.25, 0.3) is 0 Å². The van der Waals surface area contributed by atoms with Gasteiger partial charge in [0.1, 0.15) is 0 Å². The summed E-state index contributed by atoms with van der Waals surface area (Å²) in [7, 11) is 0.0459. The molecule has 0 fully saturated rings. The van der Waals surface area contributed by atoms with Crippen molar-refractivity contribution in [2.24, 2.45) is 11.8 Å². The first-order valence-electron chi connectivity index (χ1n) is 5.21. The highest BCUT2D eigenvalue weighted by atomic mass is 31.1. The lowest BCUT2D eigenvalue weighted by Gasteiger charge is -2.18. The minimum Gasteiger partial charge on any atom is -0.466 e. The van der Waals surface area contributed by atoms with Crippen molar-refractivity contribution in [2.45, 2.75) is 26.7 Å². The second-order valence-corrected chi connectivity index (χ2v) is 4.20. The maximum atomic E-state index is 11.1. The Bertz CT molecular complexity index is 196. The van der Waals surface area contributed by atoms with Crippen molar-refractivity contribution < 1.29 is 19.2 Å². The van der Waals surface area contributed by atoms with Gasteiger partial charge in [-0.2, -0.15) is 0 Å². The van der Waals surface area contributed by atoms with Gasteiger partial charge in [0.25, 0.3) is 0 Å². The molecular weight excluding hydrogens is 215 g/mol. The van der Waals surface area contributed by atoms with Gasteiger partial charge in [-0.3, -0.25) is 9.36 Å². The van der Waals surface area contributed by atoms with Crippen molar-refractivity contribution in [3.8, 4) is 0 Å². The molecule has 0 aliphatic heterocycles. The van der Waals surface area contributed by atoms with Crippen LogP contribution in [0.3, 0.4) is 0 Å². The van der Waals surface area contributed by atoms with Crippen molar-refractivity contribution in [3.05, 3.63) is 0 Å². The molecule has 0 aliphatic rings. The van der Waals surface area contributed by atoms with E-state index in [2.05, 4.69) is 0 Å². The minimum absolute atomic E-state index is 0.00130. The van der Waals surface area contributed by atoms with Gasteiger partial charge in [-0.05, 0) is 25.2 Å². The molecule has 0 heterocycles. The Labute approximate surface area is 92.2 Å². The summed E-state index contributed by atoms with van der Waals surface area (Å²) in [4.78, 5) is 11.1. The Morgan fingerprint density at radius 1 is 1.53 bits per heavy atom. The fourth-order valence-electron chi connectivity index (χ4n) is 1.33. The van der Waals surface area contributed by atoms with Crippen LogP contribution in [0.1, 0.15) is 26.7 Å². The van der Waals surface area contributed by atoms with Crippen molar-refractivity contribution in [1.82, 2.24) is 0 Å². The normalized spacial score (nSPS) is 14.9. The molecular formula is C10H19O4P. The minimum atomic E-state index is -0.208. The smallest absolute Gasteiger partial charge is 0.305 e. The number of hydrogen-bond donors (Lipinski definition) is 1. The summed E-state index contributed by atoms with van der Waals surface area (Å²) in [6.45, 7) is 4.13. The number of aliphatic hydroxyl groups is 1. The summed E-state index contributed by atoms with van der Waals surface area (Å²) < 4.78 is 15.2. The number of carbonyl (C=O) groups excluding carboxylic acids is 1. The lowest BCUT2D eigenvalue weighted by molar-refractivity contribution is -0.143. The Kier molecular flexibility index (Phi) is 8.53. The van der Waals surface area contributed by atoms with E-state index in [4.69, 9.17) is 9.84 Å². The number of hydrogen-bond acceptors (Lipinski definition) is 4. The number of esters is 1. The van der Waals surface area contributed by atoms with E-state index in [1.54, 1.807) is 6.92 Å². The highest BCUT2D eigenvalue weighted by Crippen LogP contribution is 2.20. The van der Waals surface area contributed by atoms with Gasteiger partial charge in [-0.25, -0.2) is 0 Å². The maximum Gasteiger partial charge on any atom is 0.305 e. The fraction of sp³-hybridized carbons (Fsp3) is 0.900. The van der Waals surface area contributed by atoms with Gasteiger partial charge in [-0.1, -0.05) is 6.92 Å². The van der Waals surface area contributed by atoms with Gasteiger partial charge in [-0.15, -0.1) is 0 Å². The highest BCUT2D eigenvalue weighted by molar-refractivity contribution is 7.23. The van der Waals surface area contributed by atoms with E-state index >= 15 is 0 Å². The first-order valence-corrected chi connectivity index (χ1v) is 6.21. The number of aliphatic hydroxyl groups excluding tert-OH is 1. The molecule has 0 radical (unpaired) electrons. The second kappa shape index (κ2) is 8.81. The van der Waals surface area contributed by atoms with Gasteiger partial charge in [0.2, 0.25) is 0 Å². The highest BCUT2D eigenvalue weighted by Gasteiger charge is 2.17. The third-order valence-electron chi connectivity index (χ3n) is 2.46. The molecule has 0 aromatic rings. The summed E-state index contributed by atoms with van der Waals surface area (Å²) in [5.41, 5.74) is 0. The molecule has 5 heteroatoms. The lowest BCUT2D eigenvalue weighted by Crippen LogP contribution is -2.19. The monoisotopic (exact) mass is 234 g/mol. The molecule has 88 valence electrons. The predicted molar refractivity (Wildman–Crippen MR) is 58.1 cm³/mol. The van der Waals surface area contributed by atoms with Crippen LogP contribution in [0.15, 0.2) is 0 Å². The average Bonchev–Trinajstić information content (AvgIpc) is 2.23. The van der Waals surface area contributed by atoms with E-state index in [-0.39, 0.29) is 32.9 Å². The Hall–Kier alpha value is -0.470. The van der Waals surface area contributed by atoms with Crippen LogP contribution in [0.2, 0.25) is 0 Å². The number of ether oxygens (including phenoxy) is 1. The number of carbonyl (C=O) groups is 1. The van der Waals surface area contributed by atoms with E-state index in [1.807, 2.05) is 6.92 Å². The first-order chi connectivity index (χ1) is 7.15. The van der Waals surface area contributed by atoms with Crippen LogP contribution in [-0.2, 0) is 14.1 Å². The Morgan fingerprint density at radius 2 is 2.20 bits per heavy atom. The maximum absolute atomic E-state index is 11.1. The van der Waals surface area contributed by atoms with Crippen LogP contribution >= 0.6 is 8.46 Å². The first kappa shape index (κ1) is 14.5. The van der Waals surface area contributed by atoms with Crippen LogP contribution < -0.4 is 0 Å². The van der Waals surface area contributed by atoms with Crippen LogP contribution in [0, 0.1) is 11.8 Å². The average molecular weight is 234 g/mol. The molecule has 15 heavy (non-hydrogen) atoms. The summed E-state index contributed by atoms with van der Waals surface area (Å²) in [6, 6.07) is 0. The summed E-state index contributed by atoms with van der Waals surface area (Å²) >= 11 is 0. The predicted octanol–water partition coefficient (Wildman–Crippen LogP) is 1.87. The zero-order valence-electron chi connectivity index (χ0n) is 9.31. The van der Waals surface area contributed by atoms with Crippen molar-refractivity contribution in [3.63, 3.8) is 0 Å². The van der Waals surface area contributed by atoms with Crippen molar-refractivity contribution >= 4 is 14.4 Å². The van der Waals surface area contributed by atoms with Gasteiger partial charge >= 0.3 is 5.97 Å². The SMILES string of the molecule is CCOC(=O)CCC(C)C(CO)CP=O. The van der Waals surface area contributed by atoms with Gasteiger partial charge in [0, 0.05) is 19.2 Å². The van der Waals surface area contributed by atoms with E-state index in [0.29, 0.717) is 25.6 Å². The number of rotatable bonds is 8. The largest absolute Gasteiger partial charge is 0.466 e. The molecule has 0 rings (SSSR count). The summed E-state index contributed by atoms with van der Waals surface area (Å²) in [5, 5.41) is 9.04. The van der Waals surface area contributed by atoms with Gasteiger partial charge in [0.15, 0.2) is 8.46 Å². The summed E-state index contributed by atoms with van der Waals surface area (Å²) in [5.74, 6) is -0.0276. The fourth-order valence-corrected chi connectivity index (χ4v) is 1.99. The van der Waals surface area contributed by atoms with Crippen LogP contribution in [0.4, 0.5) is 0 Å². The zero-order valence-corrected chi connectivity index (χ0v) is 10.2. The van der Waals surface area contributed by atoms with E-state index in [0.717, 1.165) is 0 Å². The van der Waals surface area contributed by atoms with Gasteiger partial charge in [0.05, 0.1) is 6.61 Å². The quantitative estimate of drug-likeness (QED) is 0.514.